The zero-order valence-electron chi connectivity index (χ0n) is 11.8. The van der Waals surface area contributed by atoms with E-state index in [0.29, 0.717) is 26.5 Å². The Hall–Kier alpha value is -1.32. The van der Waals surface area contributed by atoms with Gasteiger partial charge in [0, 0.05) is 16.1 Å². The Morgan fingerprint density at radius 1 is 1.24 bits per heavy atom. The predicted octanol–water partition coefficient (Wildman–Crippen LogP) is 5.24. The maximum Gasteiger partial charge on any atom is 0.336 e. The van der Waals surface area contributed by atoms with Crippen molar-refractivity contribution in [3.8, 4) is 0 Å². The second-order valence-electron chi connectivity index (χ2n) is 5.75. The van der Waals surface area contributed by atoms with Crippen molar-refractivity contribution in [3.05, 3.63) is 39.0 Å². The van der Waals surface area contributed by atoms with E-state index in [4.69, 9.17) is 23.2 Å². The molecule has 3 nitrogen and oxygen atoms in total. The van der Waals surface area contributed by atoms with Crippen LogP contribution in [0.1, 0.15) is 60.1 Å². The van der Waals surface area contributed by atoms with Gasteiger partial charge in [-0.1, -0.05) is 37.0 Å². The molecule has 0 radical (unpaired) electrons. The standard InChI is InChI=1S/C16H15Cl2NO2/c1-7-3-4-8(2)14-12(7)13(16(20)21)10-5-9(17)6-11(18)15(10)19-14/h5-8H,3-4H2,1-2H3,(H,20,21). The third-order valence-corrected chi connectivity index (χ3v) is 4.79. The minimum absolute atomic E-state index is 0.178. The summed E-state index contributed by atoms with van der Waals surface area (Å²) in [6.07, 6.45) is 1.98. The molecule has 1 aliphatic rings. The van der Waals surface area contributed by atoms with Gasteiger partial charge in [0.05, 0.1) is 16.1 Å². The normalized spacial score (nSPS) is 21.3. The van der Waals surface area contributed by atoms with Crippen LogP contribution in [0.25, 0.3) is 10.9 Å². The van der Waals surface area contributed by atoms with Gasteiger partial charge < -0.3 is 5.11 Å². The van der Waals surface area contributed by atoms with E-state index in [-0.39, 0.29) is 11.8 Å². The number of nitrogens with zero attached hydrogens (tertiary/aromatic N) is 1. The molecular formula is C16H15Cl2NO2. The highest BCUT2D eigenvalue weighted by molar-refractivity contribution is 6.38. The minimum Gasteiger partial charge on any atom is -0.478 e. The van der Waals surface area contributed by atoms with Crippen LogP contribution in [0.5, 0.6) is 0 Å². The molecule has 110 valence electrons. The molecule has 5 heteroatoms. The van der Waals surface area contributed by atoms with Gasteiger partial charge in [0.25, 0.3) is 0 Å². The lowest BCUT2D eigenvalue weighted by Crippen LogP contribution is -2.18. The molecule has 0 saturated carbocycles. The molecule has 3 rings (SSSR count). The van der Waals surface area contributed by atoms with E-state index >= 15 is 0 Å². The SMILES string of the molecule is CC1CCC(C)c2c1nc1c(Cl)cc(Cl)cc1c2C(=O)O. The fourth-order valence-corrected chi connectivity index (χ4v) is 3.75. The van der Waals surface area contributed by atoms with Crippen LogP contribution in [0.3, 0.4) is 0 Å². The number of pyridine rings is 1. The van der Waals surface area contributed by atoms with Gasteiger partial charge in [-0.05, 0) is 42.4 Å². The van der Waals surface area contributed by atoms with Crippen molar-refractivity contribution in [2.75, 3.05) is 0 Å². The van der Waals surface area contributed by atoms with Crippen molar-refractivity contribution in [1.29, 1.82) is 0 Å². The quantitative estimate of drug-likeness (QED) is 0.780. The van der Waals surface area contributed by atoms with Crippen LogP contribution < -0.4 is 0 Å². The molecule has 1 aromatic heterocycles. The van der Waals surface area contributed by atoms with Gasteiger partial charge in [0.1, 0.15) is 0 Å². The van der Waals surface area contributed by atoms with E-state index in [1.807, 2.05) is 0 Å². The van der Waals surface area contributed by atoms with E-state index in [1.54, 1.807) is 12.1 Å². The summed E-state index contributed by atoms with van der Waals surface area (Å²) in [7, 11) is 0. The van der Waals surface area contributed by atoms with Crippen molar-refractivity contribution in [3.63, 3.8) is 0 Å². The van der Waals surface area contributed by atoms with Gasteiger partial charge >= 0.3 is 5.97 Å². The summed E-state index contributed by atoms with van der Waals surface area (Å²) in [5.74, 6) is -0.527. The number of hydrogen-bond acceptors (Lipinski definition) is 2. The number of fused-ring (bicyclic) bond motifs is 2. The van der Waals surface area contributed by atoms with Crippen molar-refractivity contribution >= 4 is 40.1 Å². The molecule has 2 aromatic rings. The Labute approximate surface area is 132 Å². The number of aromatic nitrogens is 1. The monoisotopic (exact) mass is 323 g/mol. The van der Waals surface area contributed by atoms with Gasteiger partial charge in [-0.25, -0.2) is 4.79 Å². The topological polar surface area (TPSA) is 50.2 Å². The van der Waals surface area contributed by atoms with E-state index in [9.17, 15) is 9.90 Å². The van der Waals surface area contributed by atoms with Crippen LogP contribution in [0, 0.1) is 0 Å². The summed E-state index contributed by atoms with van der Waals surface area (Å²) >= 11 is 12.3. The summed E-state index contributed by atoms with van der Waals surface area (Å²) in [5, 5.41) is 11.1. The molecule has 0 fully saturated rings. The Morgan fingerprint density at radius 3 is 2.57 bits per heavy atom. The average Bonchev–Trinajstić information content (AvgIpc) is 2.41. The number of carbonyl (C=O) groups is 1. The van der Waals surface area contributed by atoms with Gasteiger partial charge in [-0.2, -0.15) is 0 Å². The lowest BCUT2D eigenvalue weighted by molar-refractivity contribution is 0.0696. The Morgan fingerprint density at radius 2 is 1.90 bits per heavy atom. The molecular weight excluding hydrogens is 309 g/mol. The molecule has 0 bridgehead atoms. The third-order valence-electron chi connectivity index (χ3n) is 4.28. The van der Waals surface area contributed by atoms with E-state index < -0.39 is 5.97 Å². The first-order valence-corrected chi connectivity index (χ1v) is 7.71. The molecule has 0 spiro atoms. The van der Waals surface area contributed by atoms with E-state index in [2.05, 4.69) is 18.8 Å². The first-order chi connectivity index (χ1) is 9.90. The van der Waals surface area contributed by atoms with Gasteiger partial charge in [0.2, 0.25) is 0 Å². The Bertz CT molecular complexity index is 758. The zero-order valence-corrected chi connectivity index (χ0v) is 13.3. The second kappa shape index (κ2) is 5.15. The van der Waals surface area contributed by atoms with Gasteiger partial charge in [-0.15, -0.1) is 0 Å². The average molecular weight is 324 g/mol. The van der Waals surface area contributed by atoms with Crippen molar-refractivity contribution in [2.45, 2.75) is 38.5 Å². The first kappa shape index (κ1) is 14.6. The molecule has 1 aromatic carbocycles. The Kier molecular flexibility index (Phi) is 3.58. The summed E-state index contributed by atoms with van der Waals surface area (Å²) in [6.45, 7) is 4.13. The molecule has 2 unspecified atom stereocenters. The van der Waals surface area contributed by atoms with Gasteiger partial charge in [-0.3, -0.25) is 4.98 Å². The maximum absolute atomic E-state index is 11.8. The largest absolute Gasteiger partial charge is 0.478 e. The number of hydrogen-bond donors (Lipinski definition) is 1. The Balaban J connectivity index is 2.50. The minimum atomic E-state index is -0.946. The fraction of sp³-hybridized carbons (Fsp3) is 0.375. The van der Waals surface area contributed by atoms with Crippen LogP contribution in [0.4, 0.5) is 0 Å². The number of halogens is 2. The van der Waals surface area contributed by atoms with Gasteiger partial charge in [0.15, 0.2) is 0 Å². The highest BCUT2D eigenvalue weighted by atomic mass is 35.5. The van der Waals surface area contributed by atoms with Crippen molar-refractivity contribution in [2.24, 2.45) is 0 Å². The summed E-state index contributed by atoms with van der Waals surface area (Å²) < 4.78 is 0. The summed E-state index contributed by atoms with van der Waals surface area (Å²) in [4.78, 5) is 16.5. The van der Waals surface area contributed by atoms with Crippen molar-refractivity contribution in [1.82, 2.24) is 4.98 Å². The highest BCUT2D eigenvalue weighted by Gasteiger charge is 2.30. The van der Waals surface area contributed by atoms with Crippen LogP contribution in [-0.4, -0.2) is 16.1 Å². The molecule has 2 atom stereocenters. The number of carboxylic acid groups (broad SMARTS) is 1. The predicted molar refractivity (Wildman–Crippen MR) is 84.8 cm³/mol. The summed E-state index contributed by atoms with van der Waals surface area (Å²) in [5.41, 5.74) is 2.53. The lowest BCUT2D eigenvalue weighted by atomic mass is 9.78. The molecule has 0 amide bonds. The number of rotatable bonds is 1. The maximum atomic E-state index is 11.8. The van der Waals surface area contributed by atoms with Crippen molar-refractivity contribution < 1.29 is 9.90 Å². The molecule has 0 aliphatic heterocycles. The smallest absolute Gasteiger partial charge is 0.336 e. The fourth-order valence-electron chi connectivity index (χ4n) is 3.21. The first-order valence-electron chi connectivity index (χ1n) is 6.96. The van der Waals surface area contributed by atoms with E-state index in [1.165, 1.54) is 0 Å². The molecule has 21 heavy (non-hydrogen) atoms. The van der Waals surface area contributed by atoms with Crippen LogP contribution in [0.2, 0.25) is 10.0 Å². The third kappa shape index (κ3) is 2.29. The molecule has 1 N–H and O–H groups in total. The molecule has 1 aliphatic carbocycles. The lowest BCUT2D eigenvalue weighted by Gasteiger charge is -2.29. The number of benzene rings is 1. The zero-order chi connectivity index (χ0) is 15.3. The second-order valence-corrected chi connectivity index (χ2v) is 6.60. The van der Waals surface area contributed by atoms with Crippen LogP contribution >= 0.6 is 23.2 Å². The van der Waals surface area contributed by atoms with Crippen LogP contribution in [0.15, 0.2) is 12.1 Å². The van der Waals surface area contributed by atoms with E-state index in [0.717, 1.165) is 24.1 Å². The van der Waals surface area contributed by atoms with Crippen LogP contribution in [-0.2, 0) is 0 Å². The highest BCUT2D eigenvalue weighted by Crippen LogP contribution is 2.43. The number of carboxylic acids is 1. The molecule has 0 saturated heterocycles. The number of aromatic carboxylic acids is 1. The molecule has 1 heterocycles. The summed E-state index contributed by atoms with van der Waals surface area (Å²) in [6, 6.07) is 3.25.